The summed E-state index contributed by atoms with van der Waals surface area (Å²) in [5, 5.41) is 8.69. The topological polar surface area (TPSA) is 46.9 Å². The second-order valence-corrected chi connectivity index (χ2v) is 5.23. The van der Waals surface area contributed by atoms with E-state index in [0.717, 1.165) is 29.3 Å². The molecule has 4 nitrogen and oxygen atoms in total. The Bertz CT molecular complexity index is 644. The van der Waals surface area contributed by atoms with Gasteiger partial charge in [0.15, 0.2) is 5.82 Å². The number of aromatic nitrogens is 2. The molecule has 20 heavy (non-hydrogen) atoms. The molecule has 1 heterocycles. The molecule has 1 saturated carbocycles. The molecule has 1 amide bonds. The van der Waals surface area contributed by atoms with Crippen molar-refractivity contribution in [2.24, 2.45) is 13.0 Å². The number of fused-ring (bicyclic) bond motifs is 1. The Morgan fingerprint density at radius 3 is 2.65 bits per heavy atom. The molecular formula is C15H20ClN3O. The number of rotatable bonds is 2. The van der Waals surface area contributed by atoms with Gasteiger partial charge in [0.1, 0.15) is 0 Å². The number of halogens is 1. The van der Waals surface area contributed by atoms with E-state index in [-0.39, 0.29) is 11.8 Å². The summed E-state index contributed by atoms with van der Waals surface area (Å²) in [4.78, 5) is 11.8. The molecule has 108 valence electrons. The fourth-order valence-electron chi connectivity index (χ4n) is 2.21. The molecule has 1 aromatic heterocycles. The summed E-state index contributed by atoms with van der Waals surface area (Å²) in [7, 11) is 1.86. The van der Waals surface area contributed by atoms with E-state index in [1.165, 1.54) is 0 Å². The van der Waals surface area contributed by atoms with E-state index >= 15 is 0 Å². The highest BCUT2D eigenvalue weighted by molar-refractivity contribution is 6.36. The summed E-state index contributed by atoms with van der Waals surface area (Å²) in [6.07, 6.45) is 1.95. The minimum Gasteiger partial charge on any atom is -0.308 e. The van der Waals surface area contributed by atoms with Crippen molar-refractivity contribution in [2.75, 3.05) is 5.32 Å². The zero-order valence-electron chi connectivity index (χ0n) is 12.3. The van der Waals surface area contributed by atoms with E-state index in [1.807, 2.05) is 40.0 Å². The average molecular weight is 294 g/mol. The molecule has 0 radical (unpaired) electrons. The molecule has 1 fully saturated rings. The summed E-state index contributed by atoms with van der Waals surface area (Å²) in [6.45, 7) is 6.01. The standard InChI is InChI=1S/C13H14ClN3O.C2H6/c1-7-3-6-9(14)10-11(7)17(2)16-12(10)15-13(18)8-4-5-8;1-2/h3,6,8H,4-5H2,1-2H3,(H,15,16,18);1-2H3. The fourth-order valence-corrected chi connectivity index (χ4v) is 2.46. The van der Waals surface area contributed by atoms with Gasteiger partial charge in [-0.05, 0) is 31.4 Å². The number of nitrogens with one attached hydrogen (secondary N) is 1. The lowest BCUT2D eigenvalue weighted by Gasteiger charge is -2.02. The number of hydrogen-bond acceptors (Lipinski definition) is 2. The summed E-state index contributed by atoms with van der Waals surface area (Å²) in [5.41, 5.74) is 2.06. The first-order valence-electron chi connectivity index (χ1n) is 7.00. The third-order valence-corrected chi connectivity index (χ3v) is 3.64. The molecule has 0 bridgehead atoms. The summed E-state index contributed by atoms with van der Waals surface area (Å²) in [5.74, 6) is 0.774. The Labute approximate surface area is 124 Å². The van der Waals surface area contributed by atoms with Crippen molar-refractivity contribution in [3.63, 3.8) is 0 Å². The number of carbonyl (C=O) groups excluding carboxylic acids is 1. The van der Waals surface area contributed by atoms with Gasteiger partial charge in [-0.2, -0.15) is 5.10 Å². The zero-order valence-corrected chi connectivity index (χ0v) is 13.1. The molecule has 1 N–H and O–H groups in total. The van der Waals surface area contributed by atoms with Crippen molar-refractivity contribution in [3.8, 4) is 0 Å². The number of nitrogens with zero attached hydrogens (tertiary/aromatic N) is 2. The Kier molecular flexibility index (Phi) is 4.33. The molecule has 0 spiro atoms. The van der Waals surface area contributed by atoms with Gasteiger partial charge in [0.2, 0.25) is 5.91 Å². The first-order chi connectivity index (χ1) is 9.58. The highest BCUT2D eigenvalue weighted by Gasteiger charge is 2.30. The molecular weight excluding hydrogens is 274 g/mol. The van der Waals surface area contributed by atoms with Gasteiger partial charge in [-0.1, -0.05) is 31.5 Å². The summed E-state index contributed by atoms with van der Waals surface area (Å²) >= 11 is 6.22. The van der Waals surface area contributed by atoms with Crippen molar-refractivity contribution in [1.82, 2.24) is 9.78 Å². The minimum absolute atomic E-state index is 0.0487. The van der Waals surface area contributed by atoms with Crippen molar-refractivity contribution in [3.05, 3.63) is 22.7 Å². The van der Waals surface area contributed by atoms with Crippen LogP contribution >= 0.6 is 11.6 Å². The Morgan fingerprint density at radius 1 is 1.40 bits per heavy atom. The number of carbonyl (C=O) groups is 1. The van der Waals surface area contributed by atoms with Gasteiger partial charge in [-0.15, -0.1) is 0 Å². The predicted octanol–water partition coefficient (Wildman–Crippen LogP) is 3.91. The van der Waals surface area contributed by atoms with Crippen molar-refractivity contribution in [2.45, 2.75) is 33.6 Å². The molecule has 3 rings (SSSR count). The second-order valence-electron chi connectivity index (χ2n) is 4.82. The quantitative estimate of drug-likeness (QED) is 0.912. The van der Waals surface area contributed by atoms with Crippen LogP contribution in [0.4, 0.5) is 5.82 Å². The number of benzene rings is 1. The Morgan fingerprint density at radius 2 is 2.05 bits per heavy atom. The molecule has 0 saturated heterocycles. The number of hydrogen-bond donors (Lipinski definition) is 1. The zero-order chi connectivity index (χ0) is 14.9. The maximum Gasteiger partial charge on any atom is 0.228 e. The maximum absolute atomic E-state index is 11.8. The van der Waals surface area contributed by atoms with E-state index in [1.54, 1.807) is 4.68 Å². The smallest absolute Gasteiger partial charge is 0.228 e. The van der Waals surface area contributed by atoms with Crippen LogP contribution in [0.5, 0.6) is 0 Å². The van der Waals surface area contributed by atoms with Crippen LogP contribution in [0.25, 0.3) is 10.9 Å². The van der Waals surface area contributed by atoms with Crippen LogP contribution in [0.15, 0.2) is 12.1 Å². The van der Waals surface area contributed by atoms with Crippen LogP contribution in [0, 0.1) is 12.8 Å². The number of aryl methyl sites for hydroxylation is 2. The first kappa shape index (κ1) is 14.9. The normalized spacial score (nSPS) is 13.8. The maximum atomic E-state index is 11.8. The molecule has 0 atom stereocenters. The van der Waals surface area contributed by atoms with Crippen LogP contribution in [0.3, 0.4) is 0 Å². The molecule has 1 aliphatic rings. The predicted molar refractivity (Wildman–Crippen MR) is 83.2 cm³/mol. The Hall–Kier alpha value is -1.55. The van der Waals surface area contributed by atoms with Crippen LogP contribution in [0.2, 0.25) is 5.02 Å². The lowest BCUT2D eigenvalue weighted by Crippen LogP contribution is -2.14. The SMILES string of the molecule is CC.Cc1ccc(Cl)c2c(NC(=O)C3CC3)nn(C)c12. The van der Waals surface area contributed by atoms with Gasteiger partial charge in [-0.25, -0.2) is 0 Å². The van der Waals surface area contributed by atoms with E-state index in [9.17, 15) is 4.79 Å². The van der Waals surface area contributed by atoms with Crippen LogP contribution in [-0.4, -0.2) is 15.7 Å². The van der Waals surface area contributed by atoms with E-state index < -0.39 is 0 Å². The molecule has 0 aliphatic heterocycles. The van der Waals surface area contributed by atoms with Gasteiger partial charge in [0, 0.05) is 13.0 Å². The van der Waals surface area contributed by atoms with Crippen molar-refractivity contribution < 1.29 is 4.79 Å². The number of anilines is 1. The largest absolute Gasteiger partial charge is 0.308 e. The average Bonchev–Trinajstić information content (AvgIpc) is 3.22. The fraction of sp³-hybridized carbons (Fsp3) is 0.467. The van der Waals surface area contributed by atoms with E-state index in [0.29, 0.717) is 10.8 Å². The lowest BCUT2D eigenvalue weighted by atomic mass is 10.1. The van der Waals surface area contributed by atoms with E-state index in [4.69, 9.17) is 11.6 Å². The Balaban J connectivity index is 0.000000704. The summed E-state index contributed by atoms with van der Waals surface area (Å²) < 4.78 is 1.76. The monoisotopic (exact) mass is 293 g/mol. The molecule has 5 heteroatoms. The van der Waals surface area contributed by atoms with Gasteiger partial charge < -0.3 is 5.32 Å². The minimum atomic E-state index is 0.0487. The van der Waals surface area contributed by atoms with Gasteiger partial charge in [-0.3, -0.25) is 9.48 Å². The van der Waals surface area contributed by atoms with E-state index in [2.05, 4.69) is 10.4 Å². The van der Waals surface area contributed by atoms with Gasteiger partial charge in [0.25, 0.3) is 0 Å². The lowest BCUT2D eigenvalue weighted by molar-refractivity contribution is -0.117. The van der Waals surface area contributed by atoms with Crippen LogP contribution in [0.1, 0.15) is 32.3 Å². The van der Waals surface area contributed by atoms with Gasteiger partial charge >= 0.3 is 0 Å². The van der Waals surface area contributed by atoms with Crippen LogP contribution in [-0.2, 0) is 11.8 Å². The van der Waals surface area contributed by atoms with Crippen LogP contribution < -0.4 is 5.32 Å². The highest BCUT2D eigenvalue weighted by atomic mass is 35.5. The molecule has 1 aromatic carbocycles. The molecule has 0 unspecified atom stereocenters. The van der Waals surface area contributed by atoms with Crippen molar-refractivity contribution in [1.29, 1.82) is 0 Å². The third-order valence-electron chi connectivity index (χ3n) is 3.33. The van der Waals surface area contributed by atoms with Crippen molar-refractivity contribution >= 4 is 34.2 Å². The molecule has 1 aliphatic carbocycles. The third kappa shape index (κ3) is 2.66. The highest BCUT2D eigenvalue weighted by Crippen LogP contribution is 2.34. The second kappa shape index (κ2) is 5.83. The molecule has 2 aromatic rings. The first-order valence-corrected chi connectivity index (χ1v) is 7.38. The summed E-state index contributed by atoms with van der Waals surface area (Å²) in [6, 6.07) is 3.80. The number of amides is 1. The van der Waals surface area contributed by atoms with Gasteiger partial charge in [0.05, 0.1) is 15.9 Å².